The largest absolute Gasteiger partial charge is 0.481 e. The molecule has 0 bridgehead atoms. The van der Waals surface area contributed by atoms with Crippen molar-refractivity contribution in [2.45, 2.75) is 38.0 Å². The van der Waals surface area contributed by atoms with Crippen molar-refractivity contribution in [3.8, 4) is 0 Å². The van der Waals surface area contributed by atoms with E-state index in [-0.39, 0.29) is 12.3 Å². The molecule has 0 aromatic heterocycles. The van der Waals surface area contributed by atoms with Gasteiger partial charge in [0.15, 0.2) is 0 Å². The summed E-state index contributed by atoms with van der Waals surface area (Å²) in [5.74, 6) is 0.151. The molecule has 0 heterocycles. The van der Waals surface area contributed by atoms with E-state index in [4.69, 9.17) is 5.11 Å². The molecule has 15 heavy (non-hydrogen) atoms. The van der Waals surface area contributed by atoms with Crippen LogP contribution in [-0.2, 0) is 4.79 Å². The van der Waals surface area contributed by atoms with E-state index in [9.17, 15) is 4.79 Å². The Kier molecular flexibility index (Phi) is 2.76. The molecule has 1 aromatic carbocycles. The first-order chi connectivity index (χ1) is 7.16. The van der Waals surface area contributed by atoms with Gasteiger partial charge in [-0.15, -0.1) is 0 Å². The van der Waals surface area contributed by atoms with Crippen LogP contribution in [-0.4, -0.2) is 11.1 Å². The molecule has 1 aliphatic rings. The normalized spacial score (nSPS) is 17.4. The Labute approximate surface area is 89.9 Å². The lowest BCUT2D eigenvalue weighted by Crippen LogP contribution is -2.02. The zero-order valence-electron chi connectivity index (χ0n) is 8.94. The summed E-state index contributed by atoms with van der Waals surface area (Å²) in [6.07, 6.45) is 2.83. The molecule has 1 N–H and O–H groups in total. The molecule has 2 heteroatoms. The molecule has 0 saturated heterocycles. The van der Waals surface area contributed by atoms with Gasteiger partial charge in [-0.2, -0.15) is 0 Å². The highest BCUT2D eigenvalue weighted by atomic mass is 16.4. The molecule has 80 valence electrons. The van der Waals surface area contributed by atoms with Gasteiger partial charge in [-0.05, 0) is 35.8 Å². The Morgan fingerprint density at radius 2 is 2.00 bits per heavy atom. The van der Waals surface area contributed by atoms with Crippen LogP contribution in [0.2, 0.25) is 0 Å². The smallest absolute Gasteiger partial charge is 0.303 e. The minimum atomic E-state index is -0.728. The van der Waals surface area contributed by atoms with Gasteiger partial charge >= 0.3 is 5.97 Å². The molecule has 1 aliphatic carbocycles. The minimum absolute atomic E-state index is 0.107. The fraction of sp³-hybridized carbons (Fsp3) is 0.462. The molecule has 1 fully saturated rings. The Morgan fingerprint density at radius 1 is 1.40 bits per heavy atom. The fourth-order valence-electron chi connectivity index (χ4n) is 1.89. The Morgan fingerprint density at radius 3 is 2.47 bits per heavy atom. The number of benzene rings is 1. The number of hydrogen-bond acceptors (Lipinski definition) is 1. The Balaban J connectivity index is 2.05. The third-order valence-corrected chi connectivity index (χ3v) is 3.04. The average molecular weight is 204 g/mol. The second kappa shape index (κ2) is 4.05. The van der Waals surface area contributed by atoms with Crippen molar-refractivity contribution in [1.29, 1.82) is 0 Å². The average Bonchev–Trinajstić information content (AvgIpc) is 3.00. The second-order valence-electron chi connectivity index (χ2n) is 4.44. The molecule has 1 unspecified atom stereocenters. The quantitative estimate of drug-likeness (QED) is 0.818. The van der Waals surface area contributed by atoms with E-state index < -0.39 is 5.97 Å². The zero-order valence-corrected chi connectivity index (χ0v) is 8.94. The van der Waals surface area contributed by atoms with Gasteiger partial charge in [0.1, 0.15) is 0 Å². The van der Waals surface area contributed by atoms with Gasteiger partial charge in [0.2, 0.25) is 0 Å². The Bertz CT molecular complexity index is 349. The first kappa shape index (κ1) is 10.2. The first-order valence-corrected chi connectivity index (χ1v) is 5.48. The molecule has 1 aromatic rings. The maximum Gasteiger partial charge on any atom is 0.303 e. The van der Waals surface area contributed by atoms with Crippen LogP contribution in [0, 0.1) is 0 Å². The van der Waals surface area contributed by atoms with E-state index >= 15 is 0 Å². The van der Waals surface area contributed by atoms with Gasteiger partial charge in [-0.1, -0.05) is 31.2 Å². The number of rotatable bonds is 4. The summed E-state index contributed by atoms with van der Waals surface area (Å²) in [5.41, 5.74) is 2.53. The lowest BCUT2D eigenvalue weighted by atomic mass is 9.96. The summed E-state index contributed by atoms with van der Waals surface area (Å²) in [4.78, 5) is 10.6. The van der Waals surface area contributed by atoms with E-state index in [2.05, 4.69) is 24.3 Å². The van der Waals surface area contributed by atoms with E-state index in [0.29, 0.717) is 0 Å². The van der Waals surface area contributed by atoms with Crippen molar-refractivity contribution in [3.05, 3.63) is 35.4 Å². The van der Waals surface area contributed by atoms with Crippen molar-refractivity contribution in [2.75, 3.05) is 0 Å². The van der Waals surface area contributed by atoms with E-state index in [0.717, 1.165) is 11.5 Å². The second-order valence-corrected chi connectivity index (χ2v) is 4.44. The van der Waals surface area contributed by atoms with Gasteiger partial charge in [0.05, 0.1) is 6.42 Å². The number of carbonyl (C=O) groups is 1. The van der Waals surface area contributed by atoms with Crippen LogP contribution in [0.5, 0.6) is 0 Å². The predicted molar refractivity (Wildman–Crippen MR) is 59.1 cm³/mol. The van der Waals surface area contributed by atoms with E-state index in [1.54, 1.807) is 0 Å². The molecule has 2 nitrogen and oxygen atoms in total. The van der Waals surface area contributed by atoms with Crippen molar-refractivity contribution >= 4 is 5.97 Å². The van der Waals surface area contributed by atoms with Gasteiger partial charge in [-0.25, -0.2) is 0 Å². The van der Waals surface area contributed by atoms with Crippen LogP contribution < -0.4 is 0 Å². The van der Waals surface area contributed by atoms with Crippen LogP contribution >= 0.6 is 0 Å². The highest BCUT2D eigenvalue weighted by Crippen LogP contribution is 2.40. The summed E-state index contributed by atoms with van der Waals surface area (Å²) in [6, 6.07) is 8.43. The van der Waals surface area contributed by atoms with Gasteiger partial charge in [0.25, 0.3) is 0 Å². The number of carboxylic acids is 1. The topological polar surface area (TPSA) is 37.3 Å². The summed E-state index contributed by atoms with van der Waals surface area (Å²) in [7, 11) is 0. The highest BCUT2D eigenvalue weighted by Gasteiger charge is 2.23. The molecule has 0 aliphatic heterocycles. The molecule has 2 rings (SSSR count). The predicted octanol–water partition coefficient (Wildman–Crippen LogP) is 3.14. The monoisotopic (exact) mass is 204 g/mol. The van der Waals surface area contributed by atoms with Crippen molar-refractivity contribution < 1.29 is 9.90 Å². The zero-order chi connectivity index (χ0) is 10.8. The summed E-state index contributed by atoms with van der Waals surface area (Å²) in [6.45, 7) is 1.96. The molecule has 1 saturated carbocycles. The lowest BCUT2D eigenvalue weighted by molar-refractivity contribution is -0.137. The van der Waals surface area contributed by atoms with Crippen LogP contribution in [0.3, 0.4) is 0 Å². The van der Waals surface area contributed by atoms with Gasteiger partial charge in [-0.3, -0.25) is 4.79 Å². The number of hydrogen-bond donors (Lipinski definition) is 1. The summed E-state index contributed by atoms with van der Waals surface area (Å²) < 4.78 is 0. The van der Waals surface area contributed by atoms with Crippen LogP contribution in [0.25, 0.3) is 0 Å². The number of carboxylic acid groups (broad SMARTS) is 1. The molecular formula is C13H16O2. The summed E-state index contributed by atoms with van der Waals surface area (Å²) >= 11 is 0. The Hall–Kier alpha value is -1.31. The van der Waals surface area contributed by atoms with Crippen molar-refractivity contribution in [1.82, 2.24) is 0 Å². The van der Waals surface area contributed by atoms with Gasteiger partial charge < -0.3 is 5.11 Å². The van der Waals surface area contributed by atoms with Gasteiger partial charge in [0, 0.05) is 0 Å². The molecule has 0 radical (unpaired) electrons. The first-order valence-electron chi connectivity index (χ1n) is 5.48. The van der Waals surface area contributed by atoms with Crippen LogP contribution in [0.1, 0.15) is 49.1 Å². The maximum atomic E-state index is 10.6. The molecule has 0 amide bonds. The maximum absolute atomic E-state index is 10.6. The summed E-state index contributed by atoms with van der Waals surface area (Å²) in [5, 5.41) is 8.70. The molecule has 0 spiro atoms. The minimum Gasteiger partial charge on any atom is -0.481 e. The highest BCUT2D eigenvalue weighted by molar-refractivity contribution is 5.67. The molecular weight excluding hydrogens is 188 g/mol. The lowest BCUT2D eigenvalue weighted by Gasteiger charge is -2.09. The third-order valence-electron chi connectivity index (χ3n) is 3.04. The standard InChI is InChI=1S/C13H16O2/c1-9(8-13(14)15)10-2-4-11(5-3-10)12-6-7-12/h2-5,9,12H,6-8H2,1H3,(H,14,15). The van der Waals surface area contributed by atoms with E-state index in [1.165, 1.54) is 18.4 Å². The van der Waals surface area contributed by atoms with E-state index in [1.807, 2.05) is 6.92 Å². The van der Waals surface area contributed by atoms with Crippen molar-refractivity contribution in [3.63, 3.8) is 0 Å². The fourth-order valence-corrected chi connectivity index (χ4v) is 1.89. The molecule has 1 atom stereocenters. The SMILES string of the molecule is CC(CC(=O)O)c1ccc(C2CC2)cc1. The van der Waals surface area contributed by atoms with Crippen molar-refractivity contribution in [2.24, 2.45) is 0 Å². The third kappa shape index (κ3) is 2.58. The van der Waals surface area contributed by atoms with Crippen LogP contribution in [0.4, 0.5) is 0 Å². The van der Waals surface area contributed by atoms with Crippen LogP contribution in [0.15, 0.2) is 24.3 Å². The number of aliphatic carboxylic acids is 1.